The summed E-state index contributed by atoms with van der Waals surface area (Å²) in [5.74, 6) is 0. The van der Waals surface area contributed by atoms with E-state index in [9.17, 15) is 13.2 Å². The second kappa shape index (κ2) is 6.36. The molecule has 1 aromatic heterocycles. The molecule has 0 saturated heterocycles. The highest BCUT2D eigenvalue weighted by atomic mass is 19.4. The number of alkyl halides is 3. The SMILES string of the molecule is CC.Cc1ccc(-c2cccc(C(F)(F)F)c2)cn1. The van der Waals surface area contributed by atoms with E-state index in [0.29, 0.717) is 11.1 Å². The molecule has 0 atom stereocenters. The lowest BCUT2D eigenvalue weighted by Crippen LogP contribution is -2.04. The molecule has 102 valence electrons. The Morgan fingerprint density at radius 3 is 2.16 bits per heavy atom. The summed E-state index contributed by atoms with van der Waals surface area (Å²) < 4.78 is 37.6. The minimum atomic E-state index is -4.31. The van der Waals surface area contributed by atoms with E-state index in [-0.39, 0.29) is 0 Å². The molecule has 0 saturated carbocycles. The second-order valence-electron chi connectivity index (χ2n) is 3.77. The summed E-state index contributed by atoms with van der Waals surface area (Å²) in [5.41, 5.74) is 1.39. The quantitative estimate of drug-likeness (QED) is 0.700. The Hall–Kier alpha value is -1.84. The van der Waals surface area contributed by atoms with E-state index >= 15 is 0 Å². The maximum atomic E-state index is 12.5. The van der Waals surface area contributed by atoms with Gasteiger partial charge in [-0.1, -0.05) is 32.0 Å². The van der Waals surface area contributed by atoms with Crippen LogP contribution in [0.3, 0.4) is 0 Å². The van der Waals surface area contributed by atoms with Crippen molar-refractivity contribution in [2.75, 3.05) is 0 Å². The minimum Gasteiger partial charge on any atom is -0.261 e. The molecule has 4 heteroatoms. The van der Waals surface area contributed by atoms with Crippen molar-refractivity contribution < 1.29 is 13.2 Å². The van der Waals surface area contributed by atoms with E-state index in [1.54, 1.807) is 24.4 Å². The minimum absolute atomic E-state index is 0.521. The molecule has 0 spiro atoms. The molecule has 19 heavy (non-hydrogen) atoms. The number of aryl methyl sites for hydroxylation is 1. The van der Waals surface area contributed by atoms with Crippen LogP contribution < -0.4 is 0 Å². The third kappa shape index (κ3) is 4.09. The van der Waals surface area contributed by atoms with E-state index in [0.717, 1.165) is 17.8 Å². The molecule has 0 fully saturated rings. The highest BCUT2D eigenvalue weighted by Crippen LogP contribution is 2.31. The molecule has 0 bridgehead atoms. The van der Waals surface area contributed by atoms with Crippen LogP contribution in [0, 0.1) is 6.92 Å². The predicted molar refractivity (Wildman–Crippen MR) is 70.8 cm³/mol. The average molecular weight is 267 g/mol. The summed E-state index contributed by atoms with van der Waals surface area (Å²) in [7, 11) is 0. The Kier molecular flexibility index (Phi) is 5.10. The highest BCUT2D eigenvalue weighted by Gasteiger charge is 2.30. The van der Waals surface area contributed by atoms with Gasteiger partial charge in [-0.2, -0.15) is 13.2 Å². The monoisotopic (exact) mass is 267 g/mol. The van der Waals surface area contributed by atoms with Crippen molar-refractivity contribution in [2.24, 2.45) is 0 Å². The van der Waals surface area contributed by atoms with Crippen LogP contribution in [0.2, 0.25) is 0 Å². The lowest BCUT2D eigenvalue weighted by Gasteiger charge is -2.08. The first-order valence-electron chi connectivity index (χ1n) is 6.07. The summed E-state index contributed by atoms with van der Waals surface area (Å²) in [5, 5.41) is 0. The van der Waals surface area contributed by atoms with Gasteiger partial charge in [-0.25, -0.2) is 0 Å². The van der Waals surface area contributed by atoms with Crippen LogP contribution >= 0.6 is 0 Å². The van der Waals surface area contributed by atoms with Crippen molar-refractivity contribution in [2.45, 2.75) is 26.9 Å². The number of hydrogen-bond donors (Lipinski definition) is 0. The number of aromatic nitrogens is 1. The Bertz CT molecular complexity index is 516. The zero-order valence-corrected chi connectivity index (χ0v) is 11.1. The largest absolute Gasteiger partial charge is 0.416 e. The van der Waals surface area contributed by atoms with E-state index in [2.05, 4.69) is 4.98 Å². The molecule has 1 nitrogen and oxygen atoms in total. The zero-order valence-electron chi connectivity index (χ0n) is 11.1. The highest BCUT2D eigenvalue weighted by molar-refractivity contribution is 5.63. The normalized spacial score (nSPS) is 10.6. The second-order valence-corrected chi connectivity index (χ2v) is 3.77. The molecule has 1 aromatic carbocycles. The van der Waals surface area contributed by atoms with Crippen molar-refractivity contribution in [1.82, 2.24) is 4.98 Å². The summed E-state index contributed by atoms with van der Waals surface area (Å²) in [6.07, 6.45) is -2.74. The number of nitrogens with zero attached hydrogens (tertiary/aromatic N) is 1. The molecular formula is C15H16F3N. The Balaban J connectivity index is 0.000000861. The maximum absolute atomic E-state index is 12.5. The Morgan fingerprint density at radius 2 is 1.63 bits per heavy atom. The van der Waals surface area contributed by atoms with Gasteiger partial charge >= 0.3 is 6.18 Å². The number of benzene rings is 1. The number of pyridine rings is 1. The predicted octanol–water partition coefficient (Wildman–Crippen LogP) is 5.10. The summed E-state index contributed by atoms with van der Waals surface area (Å²) in [6, 6.07) is 8.77. The summed E-state index contributed by atoms with van der Waals surface area (Å²) in [4.78, 5) is 4.07. The molecule has 0 aliphatic rings. The topological polar surface area (TPSA) is 12.9 Å². The first-order chi connectivity index (χ1) is 8.97. The van der Waals surface area contributed by atoms with Gasteiger partial charge in [0.1, 0.15) is 0 Å². The van der Waals surface area contributed by atoms with Crippen molar-refractivity contribution in [1.29, 1.82) is 0 Å². The molecule has 0 aliphatic carbocycles. The molecule has 2 rings (SSSR count). The first kappa shape index (κ1) is 15.2. The van der Waals surface area contributed by atoms with Crippen LogP contribution in [0.4, 0.5) is 13.2 Å². The lowest BCUT2D eigenvalue weighted by atomic mass is 10.0. The van der Waals surface area contributed by atoms with Crippen molar-refractivity contribution in [3.8, 4) is 11.1 Å². The van der Waals surface area contributed by atoms with Gasteiger partial charge in [0.05, 0.1) is 5.56 Å². The first-order valence-corrected chi connectivity index (χ1v) is 6.07. The molecule has 0 unspecified atom stereocenters. The third-order valence-corrected chi connectivity index (χ3v) is 2.43. The van der Waals surface area contributed by atoms with Gasteiger partial charge in [0, 0.05) is 17.5 Å². The van der Waals surface area contributed by atoms with Crippen molar-refractivity contribution in [3.05, 3.63) is 53.9 Å². The molecular weight excluding hydrogens is 251 g/mol. The van der Waals surface area contributed by atoms with Crippen LogP contribution in [0.15, 0.2) is 42.6 Å². The van der Waals surface area contributed by atoms with Gasteiger partial charge in [-0.15, -0.1) is 0 Å². The van der Waals surface area contributed by atoms with E-state index in [1.807, 2.05) is 20.8 Å². The van der Waals surface area contributed by atoms with Crippen LogP contribution in [0.1, 0.15) is 25.1 Å². The van der Waals surface area contributed by atoms with Crippen LogP contribution in [0.25, 0.3) is 11.1 Å². The fraction of sp³-hybridized carbons (Fsp3) is 0.267. The molecule has 0 amide bonds. The van der Waals surface area contributed by atoms with Gasteiger partial charge in [0.2, 0.25) is 0 Å². The number of rotatable bonds is 1. The molecule has 0 radical (unpaired) electrons. The van der Waals surface area contributed by atoms with E-state index in [4.69, 9.17) is 0 Å². The summed E-state index contributed by atoms with van der Waals surface area (Å²) in [6.45, 7) is 5.83. The van der Waals surface area contributed by atoms with Gasteiger partial charge in [-0.3, -0.25) is 4.98 Å². The van der Waals surface area contributed by atoms with E-state index < -0.39 is 11.7 Å². The Morgan fingerprint density at radius 1 is 0.947 bits per heavy atom. The molecule has 2 aromatic rings. The fourth-order valence-corrected chi connectivity index (χ4v) is 1.51. The van der Waals surface area contributed by atoms with Gasteiger partial charge < -0.3 is 0 Å². The molecule has 0 aliphatic heterocycles. The van der Waals surface area contributed by atoms with Crippen LogP contribution in [0.5, 0.6) is 0 Å². The zero-order chi connectivity index (χ0) is 14.5. The van der Waals surface area contributed by atoms with Crippen LogP contribution in [-0.2, 0) is 6.18 Å². The standard InChI is InChI=1S/C13H10F3N.C2H6/c1-9-5-6-11(8-17-9)10-3-2-4-12(7-10)13(14,15)16;1-2/h2-8H,1H3;1-2H3. The fourth-order valence-electron chi connectivity index (χ4n) is 1.51. The van der Waals surface area contributed by atoms with Gasteiger partial charge in [-0.05, 0) is 30.7 Å². The summed E-state index contributed by atoms with van der Waals surface area (Å²) >= 11 is 0. The average Bonchev–Trinajstić information content (AvgIpc) is 2.41. The van der Waals surface area contributed by atoms with Crippen molar-refractivity contribution in [3.63, 3.8) is 0 Å². The van der Waals surface area contributed by atoms with Crippen LogP contribution in [-0.4, -0.2) is 4.98 Å². The Labute approximate surface area is 111 Å². The number of halogens is 3. The third-order valence-electron chi connectivity index (χ3n) is 2.43. The molecule has 0 N–H and O–H groups in total. The van der Waals surface area contributed by atoms with Crippen molar-refractivity contribution >= 4 is 0 Å². The van der Waals surface area contributed by atoms with E-state index in [1.165, 1.54) is 6.07 Å². The number of hydrogen-bond acceptors (Lipinski definition) is 1. The van der Waals surface area contributed by atoms with Gasteiger partial charge in [0.25, 0.3) is 0 Å². The van der Waals surface area contributed by atoms with Gasteiger partial charge in [0.15, 0.2) is 0 Å². The maximum Gasteiger partial charge on any atom is 0.416 e. The molecule has 1 heterocycles. The smallest absolute Gasteiger partial charge is 0.261 e. The lowest BCUT2D eigenvalue weighted by molar-refractivity contribution is -0.137.